The van der Waals surface area contributed by atoms with Crippen molar-refractivity contribution in [3.05, 3.63) is 0 Å². The van der Waals surface area contributed by atoms with Crippen LogP contribution < -0.4 is 11.1 Å². The predicted octanol–water partition coefficient (Wildman–Crippen LogP) is 0.000900. The van der Waals surface area contributed by atoms with Gasteiger partial charge < -0.3 is 16.2 Å². The highest BCUT2D eigenvalue weighted by molar-refractivity contribution is 5.79. The molecule has 14 heavy (non-hydrogen) atoms. The Kier molecular flexibility index (Phi) is 4.35. The highest BCUT2D eigenvalue weighted by Gasteiger charge is 2.20. The Morgan fingerprint density at radius 2 is 2.36 bits per heavy atom. The molecule has 0 aromatic carbocycles. The van der Waals surface area contributed by atoms with Crippen LogP contribution in [0.4, 0.5) is 0 Å². The van der Waals surface area contributed by atoms with Gasteiger partial charge in [-0.25, -0.2) is 0 Å². The third-order valence-electron chi connectivity index (χ3n) is 2.89. The van der Waals surface area contributed by atoms with Crippen LogP contribution in [0, 0.1) is 5.92 Å². The largest absolute Gasteiger partial charge is 0.393 e. The Labute approximate surface area is 84.9 Å². The van der Waals surface area contributed by atoms with Crippen LogP contribution in [0.5, 0.6) is 0 Å². The average Bonchev–Trinajstić information content (AvgIpc) is 2.14. The summed E-state index contributed by atoms with van der Waals surface area (Å²) in [6.07, 6.45) is 3.83. The Morgan fingerprint density at radius 3 is 2.93 bits per heavy atom. The van der Waals surface area contributed by atoms with E-state index in [2.05, 4.69) is 5.32 Å². The van der Waals surface area contributed by atoms with E-state index in [0.29, 0.717) is 5.92 Å². The number of primary amides is 1. The van der Waals surface area contributed by atoms with Crippen LogP contribution in [-0.4, -0.2) is 29.7 Å². The van der Waals surface area contributed by atoms with E-state index in [0.717, 1.165) is 32.2 Å². The van der Waals surface area contributed by atoms with Gasteiger partial charge in [0, 0.05) is 0 Å². The lowest BCUT2D eigenvalue weighted by molar-refractivity contribution is -0.119. The highest BCUT2D eigenvalue weighted by atomic mass is 16.3. The van der Waals surface area contributed by atoms with Crippen molar-refractivity contribution in [2.24, 2.45) is 11.7 Å². The Bertz CT molecular complexity index is 197. The number of nitrogens with one attached hydrogen (secondary N) is 1. The van der Waals surface area contributed by atoms with Gasteiger partial charge in [-0.1, -0.05) is 6.42 Å². The molecule has 0 spiro atoms. The van der Waals surface area contributed by atoms with Crippen molar-refractivity contribution in [1.29, 1.82) is 0 Å². The van der Waals surface area contributed by atoms with Crippen molar-refractivity contribution >= 4 is 5.91 Å². The molecule has 0 heterocycles. The molecule has 4 nitrogen and oxygen atoms in total. The van der Waals surface area contributed by atoms with E-state index in [4.69, 9.17) is 5.73 Å². The first-order chi connectivity index (χ1) is 6.59. The predicted molar refractivity (Wildman–Crippen MR) is 54.6 cm³/mol. The van der Waals surface area contributed by atoms with E-state index in [9.17, 15) is 9.90 Å². The summed E-state index contributed by atoms with van der Waals surface area (Å²) in [5.41, 5.74) is 5.13. The van der Waals surface area contributed by atoms with Crippen molar-refractivity contribution in [3.63, 3.8) is 0 Å². The number of carbonyl (C=O) groups excluding carboxylic acids is 1. The molecule has 0 radical (unpaired) electrons. The summed E-state index contributed by atoms with van der Waals surface area (Å²) in [4.78, 5) is 10.7. The van der Waals surface area contributed by atoms with Gasteiger partial charge in [-0.2, -0.15) is 0 Å². The van der Waals surface area contributed by atoms with E-state index < -0.39 is 0 Å². The number of aliphatic hydroxyl groups is 1. The van der Waals surface area contributed by atoms with E-state index in [1.165, 1.54) is 0 Å². The first kappa shape index (κ1) is 11.5. The molecular formula is C10H20N2O2. The van der Waals surface area contributed by atoms with E-state index in [1.54, 1.807) is 6.92 Å². The van der Waals surface area contributed by atoms with Gasteiger partial charge in [0.2, 0.25) is 5.91 Å². The fraction of sp³-hybridized carbons (Fsp3) is 0.900. The fourth-order valence-corrected chi connectivity index (χ4v) is 1.89. The number of hydrogen-bond acceptors (Lipinski definition) is 3. The van der Waals surface area contributed by atoms with Crippen LogP contribution in [0.3, 0.4) is 0 Å². The molecule has 1 aliphatic rings. The minimum atomic E-state index is -0.318. The van der Waals surface area contributed by atoms with Crippen molar-refractivity contribution < 1.29 is 9.90 Å². The topological polar surface area (TPSA) is 75.3 Å². The van der Waals surface area contributed by atoms with E-state index in [-0.39, 0.29) is 18.1 Å². The maximum Gasteiger partial charge on any atom is 0.234 e. The number of aliphatic hydroxyl groups excluding tert-OH is 1. The van der Waals surface area contributed by atoms with Gasteiger partial charge in [0.1, 0.15) is 0 Å². The second kappa shape index (κ2) is 5.32. The second-order valence-corrected chi connectivity index (χ2v) is 4.22. The molecule has 0 bridgehead atoms. The minimum Gasteiger partial charge on any atom is -0.393 e. The molecule has 0 aliphatic heterocycles. The highest BCUT2D eigenvalue weighted by Crippen LogP contribution is 2.23. The molecule has 1 amide bonds. The normalized spacial score (nSPS) is 29.9. The van der Waals surface area contributed by atoms with Gasteiger partial charge in [-0.3, -0.25) is 4.79 Å². The van der Waals surface area contributed by atoms with Gasteiger partial charge in [0.25, 0.3) is 0 Å². The Balaban J connectivity index is 2.20. The molecule has 1 aliphatic carbocycles. The molecule has 0 aromatic rings. The minimum absolute atomic E-state index is 0.153. The zero-order valence-corrected chi connectivity index (χ0v) is 8.70. The summed E-state index contributed by atoms with van der Waals surface area (Å²) in [5, 5.41) is 12.5. The van der Waals surface area contributed by atoms with Gasteiger partial charge in [0.05, 0.1) is 12.1 Å². The molecule has 82 valence electrons. The number of amides is 1. The molecule has 0 aromatic heterocycles. The lowest BCUT2D eigenvalue weighted by Gasteiger charge is -2.26. The summed E-state index contributed by atoms with van der Waals surface area (Å²) in [7, 11) is 0. The molecule has 1 rings (SSSR count). The van der Waals surface area contributed by atoms with Crippen LogP contribution in [0.15, 0.2) is 0 Å². The maximum atomic E-state index is 10.7. The Morgan fingerprint density at radius 1 is 1.64 bits per heavy atom. The van der Waals surface area contributed by atoms with Gasteiger partial charge in [-0.15, -0.1) is 0 Å². The zero-order chi connectivity index (χ0) is 10.6. The fourth-order valence-electron chi connectivity index (χ4n) is 1.89. The van der Waals surface area contributed by atoms with Crippen molar-refractivity contribution in [2.75, 3.05) is 6.54 Å². The number of rotatable bonds is 4. The monoisotopic (exact) mass is 200 g/mol. The molecule has 3 atom stereocenters. The molecule has 0 saturated heterocycles. The number of hydrogen-bond donors (Lipinski definition) is 3. The van der Waals surface area contributed by atoms with Gasteiger partial charge in [0.15, 0.2) is 0 Å². The van der Waals surface area contributed by atoms with E-state index >= 15 is 0 Å². The van der Waals surface area contributed by atoms with Crippen molar-refractivity contribution in [3.8, 4) is 0 Å². The van der Waals surface area contributed by atoms with Crippen LogP contribution in [0.25, 0.3) is 0 Å². The smallest absolute Gasteiger partial charge is 0.234 e. The zero-order valence-electron chi connectivity index (χ0n) is 8.70. The molecule has 4 heteroatoms. The molecule has 4 N–H and O–H groups in total. The van der Waals surface area contributed by atoms with Gasteiger partial charge >= 0.3 is 0 Å². The quantitative estimate of drug-likeness (QED) is 0.598. The van der Waals surface area contributed by atoms with Crippen molar-refractivity contribution in [2.45, 2.75) is 44.8 Å². The summed E-state index contributed by atoms with van der Waals surface area (Å²) in [6.45, 7) is 2.54. The summed E-state index contributed by atoms with van der Waals surface area (Å²) < 4.78 is 0. The summed E-state index contributed by atoms with van der Waals surface area (Å²) in [5.74, 6) is 0.168. The Hall–Kier alpha value is -0.610. The molecule has 1 saturated carbocycles. The first-order valence-electron chi connectivity index (χ1n) is 5.30. The molecular weight excluding hydrogens is 180 g/mol. The molecule has 3 unspecified atom stereocenters. The summed E-state index contributed by atoms with van der Waals surface area (Å²) in [6, 6.07) is -0.269. The third-order valence-corrected chi connectivity index (χ3v) is 2.89. The van der Waals surface area contributed by atoms with Crippen LogP contribution >= 0.6 is 0 Å². The lowest BCUT2D eigenvalue weighted by Crippen LogP contribution is -2.42. The molecule has 1 fully saturated rings. The van der Waals surface area contributed by atoms with Crippen LogP contribution in [0.2, 0.25) is 0 Å². The third kappa shape index (κ3) is 3.64. The summed E-state index contributed by atoms with van der Waals surface area (Å²) >= 11 is 0. The second-order valence-electron chi connectivity index (χ2n) is 4.22. The number of carbonyl (C=O) groups is 1. The maximum absolute atomic E-state index is 10.7. The SMILES string of the molecule is CC(NCC1CCCC(O)C1)C(N)=O. The average molecular weight is 200 g/mol. The van der Waals surface area contributed by atoms with Gasteiger partial charge in [-0.05, 0) is 38.6 Å². The standard InChI is InChI=1S/C10H20N2O2/c1-7(10(11)14)12-6-8-3-2-4-9(13)5-8/h7-9,12-13H,2-6H2,1H3,(H2,11,14). The first-order valence-corrected chi connectivity index (χ1v) is 5.30. The van der Waals surface area contributed by atoms with Crippen LogP contribution in [-0.2, 0) is 4.79 Å². The lowest BCUT2D eigenvalue weighted by atomic mass is 9.87. The number of nitrogens with two attached hydrogens (primary N) is 1. The van der Waals surface area contributed by atoms with E-state index in [1.807, 2.05) is 0 Å². The van der Waals surface area contributed by atoms with Crippen molar-refractivity contribution in [1.82, 2.24) is 5.32 Å². The van der Waals surface area contributed by atoms with Crippen LogP contribution in [0.1, 0.15) is 32.6 Å².